The lowest BCUT2D eigenvalue weighted by molar-refractivity contribution is -0.385. The van der Waals surface area contributed by atoms with Crippen LogP contribution in [-0.2, 0) is 0 Å². The van der Waals surface area contributed by atoms with E-state index in [-0.39, 0.29) is 17.7 Å². The smallest absolute Gasteiger partial charge is 0.275 e. The van der Waals surface area contributed by atoms with E-state index in [1.165, 1.54) is 6.92 Å². The van der Waals surface area contributed by atoms with Gasteiger partial charge >= 0.3 is 0 Å². The number of nitrogens with zero attached hydrogens (tertiary/aromatic N) is 1. The molecule has 0 spiro atoms. The summed E-state index contributed by atoms with van der Waals surface area (Å²) in [6.45, 7) is 1.49. The largest absolute Gasteiger partial charge is 0.389 e. The molecule has 0 aliphatic carbocycles. The summed E-state index contributed by atoms with van der Waals surface area (Å²) < 4.78 is 13.3. The van der Waals surface area contributed by atoms with E-state index in [0.717, 1.165) is 12.1 Å². The molecular formula is C11H15FN2O4. The Morgan fingerprint density at radius 2 is 2.11 bits per heavy atom. The Hall–Kier alpha value is -1.57. The molecule has 2 unspecified atom stereocenters. The number of nitro groups is 1. The number of hydrogen-bond acceptors (Lipinski definition) is 5. The highest BCUT2D eigenvalue weighted by Gasteiger charge is 2.25. The monoisotopic (exact) mass is 258 g/mol. The Labute approximate surface area is 103 Å². The Morgan fingerprint density at radius 3 is 2.61 bits per heavy atom. The van der Waals surface area contributed by atoms with Crippen molar-refractivity contribution in [3.63, 3.8) is 0 Å². The van der Waals surface area contributed by atoms with Gasteiger partial charge in [0, 0.05) is 12.1 Å². The van der Waals surface area contributed by atoms with Crippen LogP contribution in [0.3, 0.4) is 0 Å². The predicted octanol–water partition coefficient (Wildman–Crippen LogP) is 0.656. The van der Waals surface area contributed by atoms with Crippen LogP contribution in [-0.4, -0.2) is 34.8 Å². The highest BCUT2D eigenvalue weighted by Crippen LogP contribution is 2.29. The molecule has 0 amide bonds. The maximum atomic E-state index is 13.3. The quantitative estimate of drug-likeness (QED) is 0.532. The molecule has 0 fully saturated rings. The van der Waals surface area contributed by atoms with Crippen molar-refractivity contribution < 1.29 is 19.5 Å². The van der Waals surface area contributed by atoms with Crippen LogP contribution in [0.4, 0.5) is 10.1 Å². The lowest BCUT2D eigenvalue weighted by Gasteiger charge is -2.19. The summed E-state index contributed by atoms with van der Waals surface area (Å²) in [4.78, 5) is 10.0. The maximum Gasteiger partial charge on any atom is 0.275 e. The molecule has 0 radical (unpaired) electrons. The van der Waals surface area contributed by atoms with Gasteiger partial charge in [-0.3, -0.25) is 10.1 Å². The second-order valence-electron chi connectivity index (χ2n) is 3.97. The van der Waals surface area contributed by atoms with Gasteiger partial charge in [0.25, 0.3) is 5.69 Å². The van der Waals surface area contributed by atoms with Crippen molar-refractivity contribution in [3.8, 4) is 0 Å². The second-order valence-corrected chi connectivity index (χ2v) is 3.97. The number of rotatable bonds is 5. The van der Waals surface area contributed by atoms with Gasteiger partial charge in [0.05, 0.1) is 17.1 Å². The van der Waals surface area contributed by atoms with Gasteiger partial charge in [-0.15, -0.1) is 0 Å². The number of aliphatic hydroxyl groups excluding tert-OH is 2. The first kappa shape index (κ1) is 14.5. The number of nitrogens with one attached hydrogen (secondary N) is 1. The number of nitro benzene ring substituents is 1. The number of halogens is 1. The van der Waals surface area contributed by atoms with Gasteiger partial charge in [-0.2, -0.15) is 0 Å². The summed E-state index contributed by atoms with van der Waals surface area (Å²) in [6, 6.07) is 1.78. The van der Waals surface area contributed by atoms with Crippen LogP contribution < -0.4 is 5.32 Å². The van der Waals surface area contributed by atoms with Crippen LogP contribution in [0.2, 0.25) is 0 Å². The molecule has 0 aromatic heterocycles. The highest BCUT2D eigenvalue weighted by molar-refractivity contribution is 5.46. The summed E-state index contributed by atoms with van der Waals surface area (Å²) in [5.74, 6) is -0.821. The third-order valence-corrected chi connectivity index (χ3v) is 2.68. The fourth-order valence-corrected chi connectivity index (χ4v) is 1.71. The fourth-order valence-electron chi connectivity index (χ4n) is 1.71. The fraction of sp³-hybridized carbons (Fsp3) is 0.455. The van der Waals surface area contributed by atoms with Crippen LogP contribution >= 0.6 is 0 Å². The van der Waals surface area contributed by atoms with E-state index in [4.69, 9.17) is 0 Å². The van der Waals surface area contributed by atoms with Crippen LogP contribution in [0.1, 0.15) is 17.2 Å². The maximum absolute atomic E-state index is 13.3. The van der Waals surface area contributed by atoms with E-state index in [2.05, 4.69) is 5.32 Å². The molecule has 0 aliphatic rings. The summed E-state index contributed by atoms with van der Waals surface area (Å²) in [6.07, 6.45) is -2.55. The van der Waals surface area contributed by atoms with Crippen molar-refractivity contribution in [3.05, 3.63) is 39.2 Å². The van der Waals surface area contributed by atoms with Crippen LogP contribution in [0.5, 0.6) is 0 Å². The first-order chi connectivity index (χ1) is 8.38. The van der Waals surface area contributed by atoms with E-state index in [9.17, 15) is 24.7 Å². The van der Waals surface area contributed by atoms with Gasteiger partial charge in [-0.1, -0.05) is 0 Å². The van der Waals surface area contributed by atoms with Crippen molar-refractivity contribution in [2.24, 2.45) is 0 Å². The SMILES string of the molecule is CNCC(O)C(O)c1cc(F)cc([N+](=O)[O-])c1C. The molecule has 1 aromatic carbocycles. The molecule has 6 nitrogen and oxygen atoms in total. The van der Waals surface area contributed by atoms with Crippen molar-refractivity contribution in [1.82, 2.24) is 5.32 Å². The normalized spacial score (nSPS) is 14.3. The second kappa shape index (κ2) is 5.85. The number of likely N-dealkylation sites (N-methyl/N-ethyl adjacent to an activating group) is 1. The van der Waals surface area contributed by atoms with E-state index in [0.29, 0.717) is 0 Å². The lowest BCUT2D eigenvalue weighted by Crippen LogP contribution is -2.30. The molecule has 7 heteroatoms. The molecule has 2 atom stereocenters. The minimum atomic E-state index is -1.38. The lowest BCUT2D eigenvalue weighted by atomic mass is 9.98. The van der Waals surface area contributed by atoms with Crippen molar-refractivity contribution in [2.75, 3.05) is 13.6 Å². The van der Waals surface area contributed by atoms with Gasteiger partial charge < -0.3 is 15.5 Å². The average Bonchev–Trinajstić information content (AvgIpc) is 2.30. The van der Waals surface area contributed by atoms with E-state index >= 15 is 0 Å². The molecule has 0 aliphatic heterocycles. The molecule has 1 rings (SSSR count). The predicted molar refractivity (Wildman–Crippen MR) is 62.7 cm³/mol. The average molecular weight is 258 g/mol. The molecule has 100 valence electrons. The molecule has 0 saturated heterocycles. The van der Waals surface area contributed by atoms with Gasteiger partial charge in [0.1, 0.15) is 11.9 Å². The molecule has 0 heterocycles. The molecule has 1 aromatic rings. The molecule has 18 heavy (non-hydrogen) atoms. The van der Waals surface area contributed by atoms with Crippen LogP contribution in [0, 0.1) is 22.9 Å². The highest BCUT2D eigenvalue weighted by atomic mass is 19.1. The minimum absolute atomic E-state index is 0.0180. The van der Waals surface area contributed by atoms with E-state index in [1.807, 2.05) is 0 Å². The summed E-state index contributed by atoms with van der Waals surface area (Å²) in [5, 5.41) is 32.8. The van der Waals surface area contributed by atoms with Crippen molar-refractivity contribution in [1.29, 1.82) is 0 Å². The summed E-state index contributed by atoms with van der Waals surface area (Å²) in [5.41, 5.74) is -0.255. The van der Waals surface area contributed by atoms with Crippen molar-refractivity contribution >= 4 is 5.69 Å². The molecule has 0 bridgehead atoms. The zero-order valence-electron chi connectivity index (χ0n) is 10.1. The van der Waals surface area contributed by atoms with Crippen LogP contribution in [0.25, 0.3) is 0 Å². The molecule has 3 N–H and O–H groups in total. The minimum Gasteiger partial charge on any atom is -0.389 e. The summed E-state index contributed by atoms with van der Waals surface area (Å²) in [7, 11) is 1.58. The zero-order chi connectivity index (χ0) is 13.9. The number of aliphatic hydroxyl groups is 2. The first-order valence-electron chi connectivity index (χ1n) is 5.33. The first-order valence-corrected chi connectivity index (χ1v) is 5.33. The zero-order valence-corrected chi connectivity index (χ0v) is 10.1. The van der Waals surface area contributed by atoms with E-state index < -0.39 is 28.6 Å². The third-order valence-electron chi connectivity index (χ3n) is 2.68. The molecular weight excluding hydrogens is 243 g/mol. The Morgan fingerprint density at radius 1 is 1.50 bits per heavy atom. The number of hydrogen-bond donors (Lipinski definition) is 3. The molecule has 0 saturated carbocycles. The van der Waals surface area contributed by atoms with E-state index in [1.54, 1.807) is 7.05 Å². The Kier molecular flexibility index (Phi) is 4.71. The van der Waals surface area contributed by atoms with Gasteiger partial charge in [0.15, 0.2) is 0 Å². The topological polar surface area (TPSA) is 95.6 Å². The van der Waals surface area contributed by atoms with Gasteiger partial charge in [0.2, 0.25) is 0 Å². The Balaban J connectivity index is 3.19. The number of benzene rings is 1. The standard InChI is InChI=1S/C11H15FN2O4/c1-6-8(11(16)10(15)5-13-2)3-7(12)4-9(6)14(17)18/h3-4,10-11,13,15-16H,5H2,1-2H3. The Bertz CT molecular complexity index is 453. The third kappa shape index (κ3) is 3.00. The van der Waals surface area contributed by atoms with Gasteiger partial charge in [-0.25, -0.2) is 4.39 Å². The van der Waals surface area contributed by atoms with Gasteiger partial charge in [-0.05, 0) is 25.6 Å². The summed E-state index contributed by atoms with van der Waals surface area (Å²) >= 11 is 0. The van der Waals surface area contributed by atoms with Crippen molar-refractivity contribution in [2.45, 2.75) is 19.1 Å². The van der Waals surface area contributed by atoms with Crippen LogP contribution in [0.15, 0.2) is 12.1 Å².